The van der Waals surface area contributed by atoms with Gasteiger partial charge in [-0.25, -0.2) is 4.39 Å². The highest BCUT2D eigenvalue weighted by Gasteiger charge is 2.15. The van der Waals surface area contributed by atoms with Crippen molar-refractivity contribution in [2.45, 2.75) is 38.9 Å². The highest BCUT2D eigenvalue weighted by atomic mass is 35.5. The predicted octanol–water partition coefficient (Wildman–Crippen LogP) is 3.20. The molecule has 0 aromatic heterocycles. The minimum Gasteiger partial charge on any atom is -0.390 e. The fourth-order valence-corrected chi connectivity index (χ4v) is 1.55. The van der Waals surface area contributed by atoms with E-state index in [4.69, 9.17) is 16.3 Å². The first kappa shape index (κ1) is 14.4. The van der Waals surface area contributed by atoms with Crippen LogP contribution in [-0.2, 0) is 11.2 Å². The Morgan fingerprint density at radius 1 is 1.41 bits per heavy atom. The molecule has 0 bridgehead atoms. The molecule has 1 N–H and O–H groups in total. The van der Waals surface area contributed by atoms with Crippen molar-refractivity contribution in [3.05, 3.63) is 34.6 Å². The molecule has 0 saturated carbocycles. The van der Waals surface area contributed by atoms with Crippen molar-refractivity contribution >= 4 is 11.6 Å². The molecule has 17 heavy (non-hydrogen) atoms. The van der Waals surface area contributed by atoms with Gasteiger partial charge in [-0.1, -0.05) is 11.6 Å². The van der Waals surface area contributed by atoms with Crippen LogP contribution >= 0.6 is 11.6 Å². The number of ether oxygens (including phenoxy) is 1. The third-order valence-electron chi connectivity index (χ3n) is 2.17. The third kappa shape index (κ3) is 5.48. The smallest absolute Gasteiger partial charge is 0.123 e. The number of aliphatic hydroxyl groups is 1. The molecule has 0 amide bonds. The van der Waals surface area contributed by atoms with Crippen LogP contribution < -0.4 is 0 Å². The Hall–Kier alpha value is -0.640. The minimum absolute atomic E-state index is 0.205. The van der Waals surface area contributed by atoms with Crippen molar-refractivity contribution < 1.29 is 14.2 Å². The lowest BCUT2D eigenvalue weighted by Gasteiger charge is -2.22. The monoisotopic (exact) mass is 260 g/mol. The van der Waals surface area contributed by atoms with E-state index < -0.39 is 6.10 Å². The first-order valence-corrected chi connectivity index (χ1v) is 5.92. The van der Waals surface area contributed by atoms with Gasteiger partial charge in [-0.05, 0) is 44.5 Å². The molecule has 0 fully saturated rings. The molecule has 1 unspecified atom stereocenters. The van der Waals surface area contributed by atoms with Crippen molar-refractivity contribution in [2.75, 3.05) is 6.61 Å². The quantitative estimate of drug-likeness (QED) is 0.901. The van der Waals surface area contributed by atoms with E-state index in [1.165, 1.54) is 18.2 Å². The number of rotatable bonds is 4. The fraction of sp³-hybridized carbons (Fsp3) is 0.538. The summed E-state index contributed by atoms with van der Waals surface area (Å²) in [6.45, 7) is 5.94. The van der Waals surface area contributed by atoms with Crippen LogP contribution in [0.3, 0.4) is 0 Å². The van der Waals surface area contributed by atoms with Gasteiger partial charge < -0.3 is 9.84 Å². The second-order valence-electron chi connectivity index (χ2n) is 5.02. The van der Waals surface area contributed by atoms with E-state index >= 15 is 0 Å². The SMILES string of the molecule is CC(C)(C)OCC(O)Cc1cc(F)ccc1Cl. The zero-order chi connectivity index (χ0) is 13.1. The molecule has 1 aromatic carbocycles. The highest BCUT2D eigenvalue weighted by molar-refractivity contribution is 6.31. The summed E-state index contributed by atoms with van der Waals surface area (Å²) in [7, 11) is 0. The van der Waals surface area contributed by atoms with Crippen LogP contribution in [0.25, 0.3) is 0 Å². The summed E-state index contributed by atoms with van der Waals surface area (Å²) < 4.78 is 18.4. The van der Waals surface area contributed by atoms with E-state index in [0.29, 0.717) is 10.6 Å². The second kappa shape index (κ2) is 5.80. The summed E-state index contributed by atoms with van der Waals surface area (Å²) in [6.07, 6.45) is -0.402. The molecule has 1 aromatic rings. The lowest BCUT2D eigenvalue weighted by atomic mass is 10.1. The summed E-state index contributed by atoms with van der Waals surface area (Å²) >= 11 is 5.91. The van der Waals surface area contributed by atoms with Gasteiger partial charge in [-0.3, -0.25) is 0 Å². The molecule has 0 aliphatic carbocycles. The molecular weight excluding hydrogens is 243 g/mol. The summed E-state index contributed by atoms with van der Waals surface area (Å²) in [5, 5.41) is 10.2. The Morgan fingerprint density at radius 3 is 2.65 bits per heavy atom. The first-order chi connectivity index (χ1) is 7.78. The molecule has 4 heteroatoms. The molecule has 1 rings (SSSR count). The van der Waals surface area contributed by atoms with Crippen molar-refractivity contribution in [2.24, 2.45) is 0 Å². The standard InChI is InChI=1S/C13H18ClFO2/c1-13(2,3)17-8-11(16)7-9-6-10(15)4-5-12(9)14/h4-6,11,16H,7-8H2,1-3H3. The van der Waals surface area contributed by atoms with Crippen LogP contribution in [0.15, 0.2) is 18.2 Å². The molecule has 2 nitrogen and oxygen atoms in total. The average Bonchev–Trinajstić information content (AvgIpc) is 2.20. The highest BCUT2D eigenvalue weighted by Crippen LogP contribution is 2.19. The number of hydrogen-bond donors (Lipinski definition) is 1. The molecule has 1 atom stereocenters. The summed E-state index contributed by atoms with van der Waals surface area (Å²) in [5.41, 5.74) is 0.295. The topological polar surface area (TPSA) is 29.5 Å². The molecule has 0 aliphatic rings. The third-order valence-corrected chi connectivity index (χ3v) is 2.54. The van der Waals surface area contributed by atoms with E-state index in [9.17, 15) is 9.50 Å². The van der Waals surface area contributed by atoms with Gasteiger partial charge >= 0.3 is 0 Å². The van der Waals surface area contributed by atoms with Crippen molar-refractivity contribution in [1.82, 2.24) is 0 Å². The van der Waals surface area contributed by atoms with Gasteiger partial charge in [-0.15, -0.1) is 0 Å². The minimum atomic E-state index is -0.687. The maximum absolute atomic E-state index is 13.0. The molecule has 0 saturated heterocycles. The molecule has 0 radical (unpaired) electrons. The zero-order valence-electron chi connectivity index (χ0n) is 10.3. The number of hydrogen-bond acceptors (Lipinski definition) is 2. The molecule has 0 heterocycles. The molecular formula is C13H18ClFO2. The van der Waals surface area contributed by atoms with Gasteiger partial charge in [0.05, 0.1) is 18.3 Å². The largest absolute Gasteiger partial charge is 0.390 e. The Morgan fingerprint density at radius 2 is 2.06 bits per heavy atom. The first-order valence-electron chi connectivity index (χ1n) is 5.54. The fourth-order valence-electron chi connectivity index (χ4n) is 1.36. The van der Waals surface area contributed by atoms with E-state index in [1.807, 2.05) is 20.8 Å². The van der Waals surface area contributed by atoms with E-state index in [1.54, 1.807) is 0 Å². The maximum atomic E-state index is 13.0. The van der Waals surface area contributed by atoms with Crippen molar-refractivity contribution in [3.8, 4) is 0 Å². The van der Waals surface area contributed by atoms with Crippen LogP contribution in [0.4, 0.5) is 4.39 Å². The van der Waals surface area contributed by atoms with Crippen molar-refractivity contribution in [1.29, 1.82) is 0 Å². The van der Waals surface area contributed by atoms with Crippen LogP contribution in [0.2, 0.25) is 5.02 Å². The van der Waals surface area contributed by atoms with Crippen LogP contribution in [-0.4, -0.2) is 23.4 Å². The van der Waals surface area contributed by atoms with Gasteiger partial charge in [0.25, 0.3) is 0 Å². The number of halogens is 2. The normalized spacial score (nSPS) is 13.8. The summed E-state index contributed by atoms with van der Waals surface area (Å²) in [6, 6.07) is 4.12. The van der Waals surface area contributed by atoms with Crippen molar-refractivity contribution in [3.63, 3.8) is 0 Å². The van der Waals surface area contributed by atoms with Gasteiger partial charge in [0, 0.05) is 11.4 Å². The number of benzene rings is 1. The molecule has 0 spiro atoms. The van der Waals surface area contributed by atoms with Gasteiger partial charge in [0.2, 0.25) is 0 Å². The summed E-state index contributed by atoms with van der Waals surface area (Å²) in [5.74, 6) is -0.353. The number of aliphatic hydroxyl groups excluding tert-OH is 1. The van der Waals surface area contributed by atoms with E-state index in [-0.39, 0.29) is 24.4 Å². The lowest BCUT2D eigenvalue weighted by molar-refractivity contribution is -0.0482. The Balaban J connectivity index is 2.56. The Bertz CT molecular complexity index is 374. The van der Waals surface area contributed by atoms with Crippen LogP contribution in [0, 0.1) is 5.82 Å². The maximum Gasteiger partial charge on any atom is 0.123 e. The second-order valence-corrected chi connectivity index (χ2v) is 5.42. The van der Waals surface area contributed by atoms with Gasteiger partial charge in [-0.2, -0.15) is 0 Å². The van der Waals surface area contributed by atoms with Crippen LogP contribution in [0.1, 0.15) is 26.3 Å². The Kier molecular flexibility index (Phi) is 4.92. The Labute approximate surface area is 106 Å². The van der Waals surface area contributed by atoms with E-state index in [0.717, 1.165) is 0 Å². The lowest BCUT2D eigenvalue weighted by Crippen LogP contribution is -2.27. The van der Waals surface area contributed by atoms with Gasteiger partial charge in [0.1, 0.15) is 5.82 Å². The molecule has 96 valence electrons. The van der Waals surface area contributed by atoms with Gasteiger partial charge in [0.15, 0.2) is 0 Å². The van der Waals surface area contributed by atoms with E-state index in [2.05, 4.69) is 0 Å². The zero-order valence-corrected chi connectivity index (χ0v) is 11.1. The summed E-state index contributed by atoms with van der Waals surface area (Å²) in [4.78, 5) is 0. The average molecular weight is 261 g/mol. The van der Waals surface area contributed by atoms with Crippen LogP contribution in [0.5, 0.6) is 0 Å². The molecule has 0 aliphatic heterocycles. The predicted molar refractivity (Wildman–Crippen MR) is 66.8 cm³/mol.